The van der Waals surface area contributed by atoms with Crippen LogP contribution in [0.3, 0.4) is 0 Å². The number of nitrogens with one attached hydrogen (secondary N) is 2. The summed E-state index contributed by atoms with van der Waals surface area (Å²) in [6.07, 6.45) is 23.5. The standard InChI is InChI=1S/C26H28N6OS.C16H15N3O2S2.C16H15N3OS2.C13H10BrN3OS2.C8H7N3OS/c1-30-11-13-31(14-12-30)21-7-5-20(6-8-21)28-26-27-16-19-4-9-24(33)32(25(19)29-26)17-23-22(10-15-34-23)18-2-3-18;1-23(21)16-17-8-11-4-5-14(20)19(15(11)18-16)9-13-12(6-7-22-13)10-2-3-10;1-21-16-17-8-11-4-5-14(20)19(15(11)18-16)9-13-12(6-7-22-13)10-2-3-10;1-19-13-15-6-8-2-3-11(18)17(12(8)16-13)7-10-9(14)4-5-20-10;1-13-8-9-4-5-2-3-6(12)10-7(5)11-8/h4-10,15-16,18H,2-3,11-14,17H2,1H3,(H,27,28,29);4-8,10H,2-3,9H2,1H3;4-8,10H,2-3,9H2,1H3;2-6H,7H2,1H3;2-4H,1H3,(H,9,10,11,12). The number of hydrogen-bond acceptors (Lipinski definition) is 26. The molecule has 0 radical (unpaired) electrons. The zero-order chi connectivity index (χ0) is 77.5. The van der Waals surface area contributed by atoms with Crippen molar-refractivity contribution >= 4 is 180 Å². The number of hydrogen-bond donors (Lipinski definition) is 2. The molecule has 0 amide bonds. The maximum absolute atomic E-state index is 12.8. The van der Waals surface area contributed by atoms with Gasteiger partial charge in [-0.05, 0) is 215 Å². The van der Waals surface area contributed by atoms with E-state index in [1.54, 1.807) is 149 Å². The van der Waals surface area contributed by atoms with Crippen molar-refractivity contribution in [2.24, 2.45) is 0 Å². The third kappa shape index (κ3) is 18.6. The number of fused-ring (bicyclic) bond motifs is 5. The van der Waals surface area contributed by atoms with E-state index in [2.05, 4.69) is 147 Å². The van der Waals surface area contributed by atoms with E-state index in [4.69, 9.17) is 4.98 Å². The zero-order valence-electron chi connectivity index (χ0n) is 61.5. The van der Waals surface area contributed by atoms with E-state index in [1.807, 2.05) is 30.2 Å². The number of anilines is 3. The van der Waals surface area contributed by atoms with Gasteiger partial charge in [0.1, 0.15) is 28.2 Å². The van der Waals surface area contributed by atoms with E-state index in [1.165, 1.54) is 123 Å². The normalized spacial score (nSPS) is 14.4. The molecule has 1 saturated heterocycles. The van der Waals surface area contributed by atoms with Crippen LogP contribution in [0.1, 0.15) is 92.5 Å². The van der Waals surface area contributed by atoms with Gasteiger partial charge in [0, 0.05) is 156 Å². The van der Waals surface area contributed by atoms with Gasteiger partial charge in [-0.25, -0.2) is 44.9 Å². The summed E-state index contributed by atoms with van der Waals surface area (Å²) < 4.78 is 19.6. The Labute approximate surface area is 682 Å². The molecule has 33 heteroatoms. The van der Waals surface area contributed by atoms with Crippen LogP contribution in [-0.2, 0) is 37.0 Å². The SMILES string of the molecule is CN1CCN(c2ccc(Nc3ncc4ccc(=O)n(Cc5sccc5C5CC5)c4n3)cc2)CC1.CS(=O)c1ncc2ccc(=O)n(Cc3sccc3C3CC3)c2n1.CSc1ncc2ccc(=O)[nH]c2n1.CSc1ncc2ccc(=O)n(Cc3sccc3Br)c2n1.CSc1ncc2ccc(=O)n(Cc3sccc3C3CC3)c2n1. The summed E-state index contributed by atoms with van der Waals surface area (Å²) in [4.78, 5) is 116. The van der Waals surface area contributed by atoms with Gasteiger partial charge < -0.3 is 20.1 Å². The molecule has 112 heavy (non-hydrogen) atoms. The highest BCUT2D eigenvalue weighted by Gasteiger charge is 2.30. The van der Waals surface area contributed by atoms with Gasteiger partial charge in [0.25, 0.3) is 22.2 Å². The second-order valence-electron chi connectivity index (χ2n) is 27.0. The molecule has 14 aromatic heterocycles. The molecule has 1 atom stereocenters. The molecule has 4 fully saturated rings. The molecular weight excluding hydrogens is 1630 g/mol. The van der Waals surface area contributed by atoms with Crippen molar-refractivity contribution in [1.29, 1.82) is 0 Å². The summed E-state index contributed by atoms with van der Waals surface area (Å²) in [7, 11) is 0.891. The number of thioether (sulfide) groups is 3. The summed E-state index contributed by atoms with van der Waals surface area (Å²) in [6.45, 7) is 6.43. The molecule has 15 heterocycles. The number of halogens is 1. The predicted molar refractivity (Wildman–Crippen MR) is 460 cm³/mol. The van der Waals surface area contributed by atoms with Crippen LogP contribution >= 0.6 is 96.6 Å². The fourth-order valence-electron chi connectivity index (χ4n) is 12.9. The highest BCUT2D eigenvalue weighted by Crippen LogP contribution is 2.46. The van der Waals surface area contributed by atoms with Gasteiger partial charge in [0.05, 0.1) is 37.0 Å². The van der Waals surface area contributed by atoms with Crippen molar-refractivity contribution in [3.05, 3.63) is 254 Å². The summed E-state index contributed by atoms with van der Waals surface area (Å²) >= 11 is 14.6. The number of likely N-dealkylation sites (N-methyl/N-ethyl adjacent to an activating group) is 1. The zero-order valence-corrected chi connectivity index (χ0v) is 69.6. The van der Waals surface area contributed by atoms with E-state index in [-0.39, 0.29) is 33.0 Å². The van der Waals surface area contributed by atoms with Gasteiger partial charge in [-0.1, -0.05) is 35.3 Å². The number of aromatic nitrogens is 15. The molecule has 24 nitrogen and oxygen atoms in total. The number of benzene rings is 1. The Bertz CT molecular complexity index is 6280. The number of piperazine rings is 1. The Balaban J connectivity index is 0.000000114. The fraction of sp³-hybridized carbons (Fsp3) is 0.278. The van der Waals surface area contributed by atoms with Crippen LogP contribution in [0.25, 0.3) is 55.2 Å². The van der Waals surface area contributed by atoms with Crippen molar-refractivity contribution in [3.8, 4) is 0 Å². The van der Waals surface area contributed by atoms with E-state index in [0.29, 0.717) is 87.9 Å². The first-order valence-electron chi connectivity index (χ1n) is 36.0. The molecule has 0 spiro atoms. The van der Waals surface area contributed by atoms with Crippen molar-refractivity contribution in [2.75, 3.05) is 68.5 Å². The highest BCUT2D eigenvalue weighted by molar-refractivity contribution is 9.10. The molecule has 1 unspecified atom stereocenters. The molecule has 1 aromatic carbocycles. The quantitative estimate of drug-likeness (QED) is 0.0596. The number of rotatable bonds is 18. The molecule has 4 aliphatic rings. The Morgan fingerprint density at radius 1 is 0.455 bits per heavy atom. The molecule has 3 aliphatic carbocycles. The van der Waals surface area contributed by atoms with Gasteiger partial charge >= 0.3 is 0 Å². The third-order valence-electron chi connectivity index (χ3n) is 19.4. The molecule has 1 aliphatic heterocycles. The predicted octanol–water partition coefficient (Wildman–Crippen LogP) is 14.7. The second-order valence-corrected chi connectivity index (χ2v) is 35.5. The molecule has 0 bridgehead atoms. The molecule has 572 valence electrons. The Morgan fingerprint density at radius 3 is 1.29 bits per heavy atom. The molecule has 19 rings (SSSR count). The maximum Gasteiger partial charge on any atom is 0.252 e. The summed E-state index contributed by atoms with van der Waals surface area (Å²) in [5.41, 5.74) is 9.18. The van der Waals surface area contributed by atoms with E-state index >= 15 is 0 Å². The van der Waals surface area contributed by atoms with Crippen LogP contribution in [0.5, 0.6) is 0 Å². The maximum atomic E-state index is 12.8. The average molecular weight is 1710 g/mol. The number of aromatic amines is 1. The van der Waals surface area contributed by atoms with Crippen LogP contribution in [-0.4, -0.2) is 140 Å². The van der Waals surface area contributed by atoms with E-state index in [0.717, 1.165) is 73.8 Å². The van der Waals surface area contributed by atoms with Gasteiger partial charge in [-0.2, -0.15) is 4.98 Å². The third-order valence-corrected chi connectivity index (χ3v) is 26.4. The van der Waals surface area contributed by atoms with Crippen molar-refractivity contribution in [2.45, 2.75) is 103 Å². The lowest BCUT2D eigenvalue weighted by molar-refractivity contribution is 0.313. The van der Waals surface area contributed by atoms with Gasteiger partial charge in [0.2, 0.25) is 16.7 Å². The largest absolute Gasteiger partial charge is 0.369 e. The van der Waals surface area contributed by atoms with Crippen LogP contribution in [0.2, 0.25) is 0 Å². The summed E-state index contributed by atoms with van der Waals surface area (Å²) in [5, 5.41) is 18.2. The Kier molecular flexibility index (Phi) is 24.7. The minimum absolute atomic E-state index is 0.00611. The summed E-state index contributed by atoms with van der Waals surface area (Å²) in [5.74, 6) is 2.50. The monoisotopic (exact) mass is 1710 g/mol. The van der Waals surface area contributed by atoms with Gasteiger partial charge in [-0.15, -0.1) is 45.3 Å². The molecule has 3 saturated carbocycles. The van der Waals surface area contributed by atoms with Gasteiger partial charge in [-0.3, -0.25) is 46.4 Å². The fourth-order valence-corrected chi connectivity index (χ4v) is 18.7. The lowest BCUT2D eigenvalue weighted by atomic mass is 10.1. The van der Waals surface area contributed by atoms with Crippen molar-refractivity contribution in [3.63, 3.8) is 0 Å². The molecular formula is C79H75BrN18O6S8. The smallest absolute Gasteiger partial charge is 0.252 e. The Morgan fingerprint density at radius 2 is 0.848 bits per heavy atom. The first-order chi connectivity index (χ1) is 54.5. The van der Waals surface area contributed by atoms with Crippen LogP contribution in [0, 0.1) is 0 Å². The lowest BCUT2D eigenvalue weighted by Gasteiger charge is -2.34. The topological polar surface area (TPSA) is 285 Å². The average Bonchev–Trinajstić information content (AvgIpc) is 1.71. The Hall–Kier alpha value is -9.29. The minimum atomic E-state index is -1.28. The first kappa shape index (κ1) is 78.0. The molecule has 2 N–H and O–H groups in total. The van der Waals surface area contributed by atoms with E-state index in [9.17, 15) is 28.2 Å². The number of pyridine rings is 5. The number of H-pyrrole nitrogens is 1. The van der Waals surface area contributed by atoms with Crippen LogP contribution in [0.4, 0.5) is 17.3 Å². The lowest BCUT2D eigenvalue weighted by Crippen LogP contribution is -2.44. The van der Waals surface area contributed by atoms with Crippen molar-refractivity contribution in [1.82, 2.24) is 78.0 Å². The van der Waals surface area contributed by atoms with Crippen LogP contribution < -0.4 is 38.0 Å². The number of nitrogens with zero attached hydrogens (tertiary/aromatic N) is 16. The van der Waals surface area contributed by atoms with E-state index < -0.39 is 10.8 Å². The van der Waals surface area contributed by atoms with Crippen molar-refractivity contribution < 1.29 is 4.21 Å². The highest BCUT2D eigenvalue weighted by atomic mass is 79.9. The molecule has 15 aromatic rings. The minimum Gasteiger partial charge on any atom is -0.369 e. The second kappa shape index (κ2) is 35.4. The van der Waals surface area contributed by atoms with Gasteiger partial charge in [0.15, 0.2) is 15.5 Å². The first-order valence-corrected chi connectivity index (χ1v) is 45.5. The number of thiophene rings is 4. The summed E-state index contributed by atoms with van der Waals surface area (Å²) in [6, 6.07) is 33.5. The van der Waals surface area contributed by atoms with Crippen LogP contribution in [0.15, 0.2) is 211 Å².